The molecule has 0 bridgehead atoms. The van der Waals surface area contributed by atoms with Gasteiger partial charge in [0.05, 0.1) is 6.10 Å². The summed E-state index contributed by atoms with van der Waals surface area (Å²) in [6.45, 7) is 16.3. The fourth-order valence-electron chi connectivity index (χ4n) is 6.25. The fraction of sp³-hybridized carbons (Fsp3) is 0.714. The fourth-order valence-corrected chi connectivity index (χ4v) is 6.25. The zero-order valence-electron chi connectivity index (χ0n) is 19.6. The Bertz CT molecular complexity index is 678. The van der Waals surface area contributed by atoms with Crippen molar-refractivity contribution in [3.8, 4) is 0 Å². The molecule has 0 saturated heterocycles. The van der Waals surface area contributed by atoms with Crippen molar-refractivity contribution in [3.05, 3.63) is 47.6 Å². The Morgan fingerprint density at radius 1 is 1.03 bits per heavy atom. The largest absolute Gasteiger partial charge is 0.393 e. The SMILES string of the molecule is C=C1CC[C@H](O)C/C1=C\C=C1CCC[C@]2(C)[C@@H]([C@H](C)/C=C/[C@@H](C)C(C)C)CC[C@@H]12. The number of aliphatic hydroxyl groups is 1. The molecule has 1 N–H and O–H groups in total. The summed E-state index contributed by atoms with van der Waals surface area (Å²) in [5.74, 6) is 3.58. The van der Waals surface area contributed by atoms with Gasteiger partial charge in [0.1, 0.15) is 0 Å². The molecule has 0 heterocycles. The second kappa shape index (κ2) is 9.38. The van der Waals surface area contributed by atoms with E-state index in [4.69, 9.17) is 0 Å². The average molecular weight is 397 g/mol. The Balaban J connectivity index is 1.75. The van der Waals surface area contributed by atoms with Gasteiger partial charge in [0.15, 0.2) is 0 Å². The summed E-state index contributed by atoms with van der Waals surface area (Å²) >= 11 is 0. The minimum atomic E-state index is -0.182. The van der Waals surface area contributed by atoms with Crippen LogP contribution >= 0.6 is 0 Å². The highest BCUT2D eigenvalue weighted by Crippen LogP contribution is 2.59. The van der Waals surface area contributed by atoms with Gasteiger partial charge in [0.2, 0.25) is 0 Å². The van der Waals surface area contributed by atoms with Gasteiger partial charge < -0.3 is 5.11 Å². The van der Waals surface area contributed by atoms with E-state index in [1.165, 1.54) is 43.3 Å². The maximum atomic E-state index is 10.0. The quantitative estimate of drug-likeness (QED) is 0.473. The van der Waals surface area contributed by atoms with Gasteiger partial charge in [-0.05, 0) is 91.9 Å². The summed E-state index contributed by atoms with van der Waals surface area (Å²) in [6.07, 6.45) is 18.8. The van der Waals surface area contributed by atoms with E-state index >= 15 is 0 Å². The molecule has 0 radical (unpaired) electrons. The van der Waals surface area contributed by atoms with Crippen LogP contribution in [0.4, 0.5) is 0 Å². The van der Waals surface area contributed by atoms with Crippen molar-refractivity contribution in [1.82, 2.24) is 0 Å². The van der Waals surface area contributed by atoms with Crippen LogP contribution in [-0.4, -0.2) is 11.2 Å². The summed E-state index contributed by atoms with van der Waals surface area (Å²) in [7, 11) is 0. The van der Waals surface area contributed by atoms with Crippen LogP contribution < -0.4 is 0 Å². The highest BCUT2D eigenvalue weighted by atomic mass is 16.3. The topological polar surface area (TPSA) is 20.2 Å². The highest BCUT2D eigenvalue weighted by molar-refractivity contribution is 5.36. The Morgan fingerprint density at radius 2 is 1.79 bits per heavy atom. The lowest BCUT2D eigenvalue weighted by Gasteiger charge is -2.44. The molecule has 3 aliphatic rings. The van der Waals surface area contributed by atoms with Crippen LogP contribution in [0.2, 0.25) is 0 Å². The minimum absolute atomic E-state index is 0.182. The van der Waals surface area contributed by atoms with E-state index in [-0.39, 0.29) is 6.10 Å². The van der Waals surface area contributed by atoms with Crippen molar-refractivity contribution < 1.29 is 5.11 Å². The Labute approximate surface area is 180 Å². The summed E-state index contributed by atoms with van der Waals surface area (Å²) < 4.78 is 0. The summed E-state index contributed by atoms with van der Waals surface area (Å²) in [4.78, 5) is 0. The number of fused-ring (bicyclic) bond motifs is 1. The van der Waals surface area contributed by atoms with E-state index in [0.717, 1.165) is 37.0 Å². The molecule has 3 rings (SSSR count). The van der Waals surface area contributed by atoms with Gasteiger partial charge in [-0.15, -0.1) is 0 Å². The molecule has 6 atom stereocenters. The molecule has 0 aromatic heterocycles. The predicted octanol–water partition coefficient (Wildman–Crippen LogP) is 7.64. The average Bonchev–Trinajstić information content (AvgIpc) is 3.04. The molecule has 1 heteroatoms. The third kappa shape index (κ3) is 4.98. The van der Waals surface area contributed by atoms with Gasteiger partial charge in [-0.3, -0.25) is 0 Å². The zero-order valence-corrected chi connectivity index (χ0v) is 19.6. The number of hydrogen-bond acceptors (Lipinski definition) is 1. The number of rotatable bonds is 5. The molecule has 0 aliphatic heterocycles. The first-order valence-electron chi connectivity index (χ1n) is 12.2. The van der Waals surface area contributed by atoms with Crippen LogP contribution in [0.25, 0.3) is 0 Å². The van der Waals surface area contributed by atoms with Gasteiger partial charge in [-0.2, -0.15) is 0 Å². The molecule has 0 aromatic carbocycles. The van der Waals surface area contributed by atoms with Crippen molar-refractivity contribution in [2.24, 2.45) is 35.0 Å². The van der Waals surface area contributed by atoms with Crippen LogP contribution in [0.5, 0.6) is 0 Å². The third-order valence-corrected chi connectivity index (χ3v) is 8.63. The van der Waals surface area contributed by atoms with Gasteiger partial charge >= 0.3 is 0 Å². The maximum Gasteiger partial charge on any atom is 0.0583 e. The first-order chi connectivity index (χ1) is 13.7. The van der Waals surface area contributed by atoms with Gasteiger partial charge in [-0.25, -0.2) is 0 Å². The Hall–Kier alpha value is -1.08. The standard InChI is InChI=1S/C28H44O/c1-19(2)20(3)9-10-22(5)26-15-16-27-23(8-7-17-28(26,27)6)12-13-24-18-25(29)14-11-21(24)4/h9-10,12-13,19-20,22,25-27,29H,4,7-8,11,14-18H2,1-3,5-6H3/b10-9+,23-12?,24-13+/t20-,22-,25+,26-,27+,28-/m1/s1. The van der Waals surface area contributed by atoms with E-state index < -0.39 is 0 Å². The molecule has 0 spiro atoms. The molecular weight excluding hydrogens is 352 g/mol. The molecule has 29 heavy (non-hydrogen) atoms. The van der Waals surface area contributed by atoms with E-state index in [9.17, 15) is 5.11 Å². The lowest BCUT2D eigenvalue weighted by Crippen LogP contribution is -2.35. The van der Waals surface area contributed by atoms with Crippen LogP contribution in [0.15, 0.2) is 47.6 Å². The molecule has 0 unspecified atom stereocenters. The van der Waals surface area contributed by atoms with E-state index in [0.29, 0.717) is 17.3 Å². The van der Waals surface area contributed by atoms with E-state index in [2.05, 4.69) is 65.5 Å². The summed E-state index contributed by atoms with van der Waals surface area (Å²) in [5, 5.41) is 10.0. The molecule has 1 nitrogen and oxygen atoms in total. The van der Waals surface area contributed by atoms with Crippen molar-refractivity contribution in [3.63, 3.8) is 0 Å². The van der Waals surface area contributed by atoms with Crippen molar-refractivity contribution in [1.29, 1.82) is 0 Å². The number of allylic oxidation sites excluding steroid dienone is 6. The molecule has 3 fully saturated rings. The van der Waals surface area contributed by atoms with Crippen LogP contribution in [-0.2, 0) is 0 Å². The Morgan fingerprint density at radius 3 is 2.52 bits per heavy atom. The smallest absolute Gasteiger partial charge is 0.0583 e. The molecular formula is C28H44O. The predicted molar refractivity (Wildman–Crippen MR) is 126 cm³/mol. The molecule has 3 aliphatic carbocycles. The number of hydrogen-bond donors (Lipinski definition) is 1. The first kappa shape index (κ1) is 22.6. The van der Waals surface area contributed by atoms with Crippen LogP contribution in [0.3, 0.4) is 0 Å². The maximum absolute atomic E-state index is 10.0. The highest BCUT2D eigenvalue weighted by Gasteiger charge is 2.50. The van der Waals surface area contributed by atoms with E-state index in [1.54, 1.807) is 5.57 Å². The lowest BCUT2D eigenvalue weighted by atomic mass is 9.61. The van der Waals surface area contributed by atoms with Crippen molar-refractivity contribution in [2.45, 2.75) is 92.1 Å². The molecule has 162 valence electrons. The second-order valence-electron chi connectivity index (χ2n) is 10.9. The van der Waals surface area contributed by atoms with Crippen LogP contribution in [0.1, 0.15) is 86.0 Å². The van der Waals surface area contributed by atoms with Crippen molar-refractivity contribution in [2.75, 3.05) is 0 Å². The second-order valence-corrected chi connectivity index (χ2v) is 10.9. The van der Waals surface area contributed by atoms with Gasteiger partial charge in [-0.1, -0.05) is 76.6 Å². The molecule has 0 amide bonds. The van der Waals surface area contributed by atoms with Crippen molar-refractivity contribution >= 4 is 0 Å². The lowest BCUT2D eigenvalue weighted by molar-refractivity contribution is 0.112. The molecule has 0 aromatic rings. The first-order valence-corrected chi connectivity index (χ1v) is 12.2. The summed E-state index contributed by atoms with van der Waals surface area (Å²) in [5.41, 5.74) is 4.61. The van der Waals surface area contributed by atoms with Gasteiger partial charge in [0, 0.05) is 0 Å². The monoisotopic (exact) mass is 396 g/mol. The van der Waals surface area contributed by atoms with Gasteiger partial charge in [0.25, 0.3) is 0 Å². The normalized spacial score (nSPS) is 38.2. The van der Waals surface area contributed by atoms with E-state index in [1.807, 2.05) is 0 Å². The van der Waals surface area contributed by atoms with Crippen LogP contribution in [0, 0.1) is 35.0 Å². The Kier molecular flexibility index (Phi) is 7.31. The third-order valence-electron chi connectivity index (χ3n) is 8.63. The number of aliphatic hydroxyl groups excluding tert-OH is 1. The summed E-state index contributed by atoms with van der Waals surface area (Å²) in [6, 6.07) is 0. The minimum Gasteiger partial charge on any atom is -0.393 e. The molecule has 3 saturated carbocycles. The zero-order chi connectivity index (χ0) is 21.2.